The second-order valence-corrected chi connectivity index (χ2v) is 2.64. The van der Waals surface area contributed by atoms with E-state index in [9.17, 15) is 4.79 Å². The van der Waals surface area contributed by atoms with Crippen LogP contribution in [0.3, 0.4) is 0 Å². The van der Waals surface area contributed by atoms with Gasteiger partial charge in [-0.1, -0.05) is 19.4 Å². The molecule has 0 saturated carbocycles. The molecule has 0 saturated heterocycles. The van der Waals surface area contributed by atoms with Gasteiger partial charge >= 0.3 is 0 Å². The Bertz CT molecular complexity index is 167. The normalized spacial score (nSPS) is 10.1. The van der Waals surface area contributed by atoms with Gasteiger partial charge in [-0.05, 0) is 6.42 Å². The van der Waals surface area contributed by atoms with E-state index in [-0.39, 0.29) is 5.91 Å². The number of likely N-dealkylation sites (N-methyl/N-ethyl adjacent to an activating group) is 1. The van der Waals surface area contributed by atoms with Crippen molar-refractivity contribution in [2.24, 2.45) is 5.73 Å². The first-order chi connectivity index (χ1) is 6.09. The smallest absolute Gasteiger partial charge is 0.264 e. The highest BCUT2D eigenvalue weighted by Crippen LogP contribution is 2.00. The Balaban J connectivity index is 0. The maximum absolute atomic E-state index is 10.8. The molecule has 0 radical (unpaired) electrons. The van der Waals surface area contributed by atoms with Gasteiger partial charge in [0.2, 0.25) is 0 Å². The molecule has 0 heterocycles. The first kappa shape index (κ1) is 14.8. The van der Waals surface area contributed by atoms with Crippen molar-refractivity contribution in [2.45, 2.75) is 19.8 Å². The van der Waals surface area contributed by atoms with Crippen LogP contribution in [0.1, 0.15) is 19.8 Å². The van der Waals surface area contributed by atoms with E-state index in [4.69, 9.17) is 5.73 Å². The summed E-state index contributed by atoms with van der Waals surface area (Å²) in [5, 5.41) is 0. The van der Waals surface area contributed by atoms with Crippen molar-refractivity contribution in [3.05, 3.63) is 11.8 Å². The van der Waals surface area contributed by atoms with Crippen LogP contribution < -0.4 is 5.73 Å². The van der Waals surface area contributed by atoms with Crippen molar-refractivity contribution in [3.8, 4) is 0 Å². The molecule has 0 aliphatic rings. The molecule has 78 valence electrons. The van der Waals surface area contributed by atoms with Gasteiger partial charge in [0.15, 0.2) is 0 Å². The molecule has 13 heavy (non-hydrogen) atoms. The van der Waals surface area contributed by atoms with Gasteiger partial charge in [0.05, 0.1) is 5.70 Å². The molecular weight excluding hydrogens is 188 g/mol. The van der Waals surface area contributed by atoms with Gasteiger partial charge in [0.25, 0.3) is 5.91 Å². The summed E-state index contributed by atoms with van der Waals surface area (Å²) >= 11 is 4.64. The summed E-state index contributed by atoms with van der Waals surface area (Å²) in [6.07, 6.45) is 5.27. The molecule has 0 aliphatic carbocycles. The van der Waals surface area contributed by atoms with Crippen LogP contribution in [0, 0.1) is 0 Å². The van der Waals surface area contributed by atoms with Crippen molar-refractivity contribution in [2.75, 3.05) is 20.5 Å². The number of allylic oxidation sites excluding steroid dienone is 1. The first-order valence-corrected chi connectivity index (χ1v) is 4.90. The van der Waals surface area contributed by atoms with Gasteiger partial charge in [0, 0.05) is 20.5 Å². The lowest BCUT2D eigenvalue weighted by molar-refractivity contribution is -0.115. The molecule has 3 nitrogen and oxygen atoms in total. The van der Waals surface area contributed by atoms with E-state index in [1.165, 1.54) is 6.38 Å². The molecule has 0 atom stereocenters. The van der Waals surface area contributed by atoms with Crippen molar-refractivity contribution in [1.29, 1.82) is 0 Å². The molecule has 0 aliphatic heterocycles. The minimum Gasteiger partial charge on any atom is -0.373 e. The molecular formula is C9H19ClN2O. The monoisotopic (exact) mass is 206 g/mol. The fourth-order valence-electron chi connectivity index (χ4n) is 0.785. The highest BCUT2D eigenvalue weighted by Gasteiger charge is 2.04. The second kappa shape index (κ2) is 9.39. The maximum Gasteiger partial charge on any atom is 0.264 e. The third kappa shape index (κ3) is 7.65. The molecule has 0 fully saturated rings. The number of primary amides is 1. The quantitative estimate of drug-likeness (QED) is 0.561. The predicted octanol–water partition coefficient (Wildman–Crippen LogP) is 1.57. The zero-order valence-electron chi connectivity index (χ0n) is 8.80. The molecule has 4 heteroatoms. The SMILES string of the molecule is CCC/C=C(\C(N)=O)N(C)C.CCl. The Labute approximate surface area is 85.5 Å². The van der Waals surface area contributed by atoms with E-state index in [0.29, 0.717) is 5.70 Å². The number of unbranched alkanes of at least 4 members (excludes halogenated alkanes) is 1. The van der Waals surface area contributed by atoms with Gasteiger partial charge in [-0.3, -0.25) is 4.79 Å². The van der Waals surface area contributed by atoms with E-state index >= 15 is 0 Å². The number of halogens is 1. The second-order valence-electron chi connectivity index (χ2n) is 2.64. The van der Waals surface area contributed by atoms with E-state index in [1.54, 1.807) is 4.90 Å². The zero-order chi connectivity index (χ0) is 10.9. The minimum atomic E-state index is -0.358. The summed E-state index contributed by atoms with van der Waals surface area (Å²) in [6.45, 7) is 2.06. The highest BCUT2D eigenvalue weighted by molar-refractivity contribution is 6.15. The Morgan fingerprint density at radius 2 is 1.92 bits per heavy atom. The van der Waals surface area contributed by atoms with Gasteiger partial charge in [0.1, 0.15) is 0 Å². The lowest BCUT2D eigenvalue weighted by Gasteiger charge is -2.13. The number of hydrogen-bond acceptors (Lipinski definition) is 2. The molecule has 0 bridgehead atoms. The molecule has 0 aromatic heterocycles. The molecule has 0 aromatic rings. The number of nitrogens with two attached hydrogens (primary N) is 1. The fourth-order valence-corrected chi connectivity index (χ4v) is 0.785. The van der Waals surface area contributed by atoms with E-state index in [2.05, 4.69) is 18.5 Å². The van der Waals surface area contributed by atoms with E-state index in [0.717, 1.165) is 12.8 Å². The Hall–Kier alpha value is -0.700. The standard InChI is InChI=1S/C8H16N2O.CH3Cl/c1-4-5-6-7(8(9)11)10(2)3;1-2/h6H,4-5H2,1-3H3,(H2,9,11);1H3/b7-6+;. The van der Waals surface area contributed by atoms with Crippen LogP contribution in [0.15, 0.2) is 11.8 Å². The molecule has 0 rings (SSSR count). The molecule has 1 amide bonds. The summed E-state index contributed by atoms with van der Waals surface area (Å²) in [5.74, 6) is -0.358. The van der Waals surface area contributed by atoms with Crippen LogP contribution in [-0.4, -0.2) is 31.3 Å². The van der Waals surface area contributed by atoms with Gasteiger partial charge in [-0.2, -0.15) is 0 Å². The van der Waals surface area contributed by atoms with Crippen LogP contribution in [-0.2, 0) is 4.79 Å². The third-order valence-electron chi connectivity index (χ3n) is 1.36. The largest absolute Gasteiger partial charge is 0.373 e. The van der Waals surface area contributed by atoms with Gasteiger partial charge in [-0.25, -0.2) is 0 Å². The Morgan fingerprint density at radius 1 is 1.46 bits per heavy atom. The van der Waals surface area contributed by atoms with Gasteiger partial charge in [-0.15, -0.1) is 11.6 Å². The van der Waals surface area contributed by atoms with Crippen LogP contribution in [0.25, 0.3) is 0 Å². The molecule has 0 aromatic carbocycles. The average molecular weight is 207 g/mol. The number of nitrogens with zero attached hydrogens (tertiary/aromatic N) is 1. The first-order valence-electron chi connectivity index (χ1n) is 4.14. The fraction of sp³-hybridized carbons (Fsp3) is 0.667. The Kier molecular flexibility index (Phi) is 10.7. The summed E-state index contributed by atoms with van der Waals surface area (Å²) in [7, 11) is 3.62. The summed E-state index contributed by atoms with van der Waals surface area (Å²) in [5.41, 5.74) is 5.72. The van der Waals surface area contributed by atoms with Crippen molar-refractivity contribution in [3.63, 3.8) is 0 Å². The predicted molar refractivity (Wildman–Crippen MR) is 57.6 cm³/mol. The number of rotatable bonds is 4. The number of alkyl halides is 1. The van der Waals surface area contributed by atoms with Crippen molar-refractivity contribution >= 4 is 17.5 Å². The number of carbonyl (C=O) groups excluding carboxylic acids is 1. The van der Waals surface area contributed by atoms with Crippen LogP contribution >= 0.6 is 11.6 Å². The summed E-state index contributed by atoms with van der Waals surface area (Å²) in [4.78, 5) is 12.5. The topological polar surface area (TPSA) is 46.3 Å². The summed E-state index contributed by atoms with van der Waals surface area (Å²) < 4.78 is 0. The van der Waals surface area contributed by atoms with Gasteiger partial charge < -0.3 is 10.6 Å². The van der Waals surface area contributed by atoms with Crippen LogP contribution in [0.2, 0.25) is 0 Å². The molecule has 0 spiro atoms. The van der Waals surface area contributed by atoms with E-state index in [1.807, 2.05) is 20.2 Å². The van der Waals surface area contributed by atoms with Crippen molar-refractivity contribution < 1.29 is 4.79 Å². The third-order valence-corrected chi connectivity index (χ3v) is 1.36. The minimum absolute atomic E-state index is 0.358. The maximum atomic E-state index is 10.8. The lowest BCUT2D eigenvalue weighted by atomic mass is 10.2. The number of amides is 1. The Morgan fingerprint density at radius 3 is 2.15 bits per heavy atom. The number of hydrogen-bond donors (Lipinski definition) is 1. The van der Waals surface area contributed by atoms with Crippen LogP contribution in [0.5, 0.6) is 0 Å². The van der Waals surface area contributed by atoms with Crippen molar-refractivity contribution in [1.82, 2.24) is 4.90 Å². The molecule has 2 N–H and O–H groups in total. The molecule has 0 unspecified atom stereocenters. The highest BCUT2D eigenvalue weighted by atomic mass is 35.5. The zero-order valence-corrected chi connectivity index (χ0v) is 9.56. The number of carbonyl (C=O) groups is 1. The van der Waals surface area contributed by atoms with Crippen LogP contribution in [0.4, 0.5) is 0 Å². The van der Waals surface area contributed by atoms with E-state index < -0.39 is 0 Å². The summed E-state index contributed by atoms with van der Waals surface area (Å²) in [6, 6.07) is 0. The lowest BCUT2D eigenvalue weighted by Crippen LogP contribution is -2.25. The average Bonchev–Trinajstić information content (AvgIpc) is 2.07.